The summed E-state index contributed by atoms with van der Waals surface area (Å²) in [4.78, 5) is 23.6. The SMILES string of the molecule is CCCn1c(OCc2ccccc2)nc2nc[nH]c2c1=O. The summed E-state index contributed by atoms with van der Waals surface area (Å²) in [5, 5.41) is 0. The molecule has 0 atom stereocenters. The Kier molecular flexibility index (Phi) is 3.68. The van der Waals surface area contributed by atoms with E-state index in [-0.39, 0.29) is 5.56 Å². The Bertz CT molecular complexity index is 792. The Morgan fingerprint density at radius 1 is 1.29 bits per heavy atom. The number of ether oxygens (including phenoxy) is 1. The molecule has 0 aliphatic heterocycles. The molecular formula is C15H16N4O2. The third-order valence-electron chi connectivity index (χ3n) is 3.17. The minimum Gasteiger partial charge on any atom is -0.460 e. The number of hydrogen-bond donors (Lipinski definition) is 1. The summed E-state index contributed by atoms with van der Waals surface area (Å²) in [6.07, 6.45) is 2.29. The quantitative estimate of drug-likeness (QED) is 0.778. The first-order valence-corrected chi connectivity index (χ1v) is 6.90. The van der Waals surface area contributed by atoms with Crippen molar-refractivity contribution in [1.29, 1.82) is 0 Å². The van der Waals surface area contributed by atoms with Gasteiger partial charge >= 0.3 is 6.01 Å². The first-order valence-electron chi connectivity index (χ1n) is 6.90. The Labute approximate surface area is 121 Å². The van der Waals surface area contributed by atoms with Crippen LogP contribution in [0.15, 0.2) is 41.5 Å². The molecule has 0 amide bonds. The maximum atomic E-state index is 12.4. The molecule has 0 bridgehead atoms. The van der Waals surface area contributed by atoms with Crippen molar-refractivity contribution >= 4 is 11.2 Å². The van der Waals surface area contributed by atoms with Crippen LogP contribution in [0.3, 0.4) is 0 Å². The van der Waals surface area contributed by atoms with E-state index in [1.165, 1.54) is 6.33 Å². The van der Waals surface area contributed by atoms with Gasteiger partial charge in [0.1, 0.15) is 6.61 Å². The van der Waals surface area contributed by atoms with Gasteiger partial charge in [-0.25, -0.2) is 4.98 Å². The molecule has 2 aromatic heterocycles. The topological polar surface area (TPSA) is 72.8 Å². The number of aromatic amines is 1. The number of imidazole rings is 1. The molecular weight excluding hydrogens is 268 g/mol. The van der Waals surface area contributed by atoms with Crippen molar-refractivity contribution in [3.05, 3.63) is 52.6 Å². The summed E-state index contributed by atoms with van der Waals surface area (Å²) in [5.41, 5.74) is 1.67. The Balaban J connectivity index is 1.96. The number of rotatable bonds is 5. The smallest absolute Gasteiger partial charge is 0.301 e. The highest BCUT2D eigenvalue weighted by Crippen LogP contribution is 2.12. The van der Waals surface area contributed by atoms with E-state index in [0.29, 0.717) is 30.3 Å². The average molecular weight is 284 g/mol. The zero-order chi connectivity index (χ0) is 14.7. The summed E-state index contributed by atoms with van der Waals surface area (Å²) in [6.45, 7) is 2.93. The van der Waals surface area contributed by atoms with Crippen molar-refractivity contribution in [3.63, 3.8) is 0 Å². The van der Waals surface area contributed by atoms with Gasteiger partial charge in [0.05, 0.1) is 6.33 Å². The Morgan fingerprint density at radius 2 is 2.10 bits per heavy atom. The zero-order valence-corrected chi connectivity index (χ0v) is 11.7. The molecule has 0 spiro atoms. The van der Waals surface area contributed by atoms with Crippen LogP contribution in [0.2, 0.25) is 0 Å². The molecule has 0 radical (unpaired) electrons. The van der Waals surface area contributed by atoms with Crippen LogP contribution in [0, 0.1) is 0 Å². The summed E-state index contributed by atoms with van der Waals surface area (Å²) in [7, 11) is 0. The van der Waals surface area contributed by atoms with Gasteiger partial charge in [-0.1, -0.05) is 37.3 Å². The number of nitrogens with one attached hydrogen (secondary N) is 1. The van der Waals surface area contributed by atoms with Crippen molar-refractivity contribution in [2.24, 2.45) is 0 Å². The minimum absolute atomic E-state index is 0.151. The van der Waals surface area contributed by atoms with Gasteiger partial charge in [-0.15, -0.1) is 0 Å². The predicted molar refractivity (Wildman–Crippen MR) is 79.2 cm³/mol. The second-order valence-electron chi connectivity index (χ2n) is 4.73. The van der Waals surface area contributed by atoms with Crippen LogP contribution in [0.4, 0.5) is 0 Å². The van der Waals surface area contributed by atoms with Crippen molar-refractivity contribution < 1.29 is 4.74 Å². The number of aromatic nitrogens is 4. The van der Waals surface area contributed by atoms with Crippen molar-refractivity contribution in [3.8, 4) is 6.01 Å². The van der Waals surface area contributed by atoms with Crippen LogP contribution in [0.25, 0.3) is 11.2 Å². The van der Waals surface area contributed by atoms with Gasteiger partial charge in [-0.05, 0) is 12.0 Å². The molecule has 108 valence electrons. The van der Waals surface area contributed by atoms with E-state index in [9.17, 15) is 4.79 Å². The lowest BCUT2D eigenvalue weighted by atomic mass is 10.2. The summed E-state index contributed by atoms with van der Waals surface area (Å²) >= 11 is 0. The molecule has 0 aliphatic carbocycles. The number of hydrogen-bond acceptors (Lipinski definition) is 4. The molecule has 1 N–H and O–H groups in total. The summed E-state index contributed by atoms with van der Waals surface area (Å²) < 4.78 is 7.28. The maximum Gasteiger partial charge on any atom is 0.301 e. The second-order valence-corrected chi connectivity index (χ2v) is 4.73. The molecule has 0 unspecified atom stereocenters. The lowest BCUT2D eigenvalue weighted by Gasteiger charge is -2.11. The first-order chi connectivity index (χ1) is 10.3. The largest absolute Gasteiger partial charge is 0.460 e. The van der Waals surface area contributed by atoms with Crippen LogP contribution in [0.5, 0.6) is 6.01 Å². The van der Waals surface area contributed by atoms with Crippen LogP contribution in [-0.4, -0.2) is 19.5 Å². The third kappa shape index (κ3) is 2.65. The van der Waals surface area contributed by atoms with E-state index in [2.05, 4.69) is 15.0 Å². The molecule has 21 heavy (non-hydrogen) atoms. The fraction of sp³-hybridized carbons (Fsp3) is 0.267. The highest BCUT2D eigenvalue weighted by molar-refractivity contribution is 5.68. The van der Waals surface area contributed by atoms with E-state index in [1.807, 2.05) is 37.3 Å². The molecule has 6 nitrogen and oxygen atoms in total. The highest BCUT2D eigenvalue weighted by atomic mass is 16.5. The second kappa shape index (κ2) is 5.78. The van der Waals surface area contributed by atoms with Crippen LogP contribution in [-0.2, 0) is 13.2 Å². The van der Waals surface area contributed by atoms with E-state index < -0.39 is 0 Å². The number of nitrogens with zero attached hydrogens (tertiary/aromatic N) is 3. The number of benzene rings is 1. The van der Waals surface area contributed by atoms with Gasteiger partial charge in [0.25, 0.3) is 5.56 Å². The molecule has 0 saturated carbocycles. The Hall–Kier alpha value is -2.63. The van der Waals surface area contributed by atoms with E-state index in [0.717, 1.165) is 12.0 Å². The van der Waals surface area contributed by atoms with Crippen LogP contribution >= 0.6 is 0 Å². The molecule has 3 rings (SSSR count). The lowest BCUT2D eigenvalue weighted by Crippen LogP contribution is -2.23. The standard InChI is InChI=1S/C15H16N4O2/c1-2-8-19-14(20)12-13(17-10-16-12)18-15(19)21-9-11-6-4-3-5-7-11/h3-7,10H,2,8-9H2,1H3,(H,16,17). The maximum absolute atomic E-state index is 12.4. The van der Waals surface area contributed by atoms with E-state index in [1.54, 1.807) is 4.57 Å². The number of fused-ring (bicyclic) bond motifs is 1. The minimum atomic E-state index is -0.151. The molecule has 2 heterocycles. The van der Waals surface area contributed by atoms with Gasteiger partial charge in [-0.2, -0.15) is 4.98 Å². The molecule has 1 aromatic carbocycles. The van der Waals surface area contributed by atoms with Gasteiger partial charge in [-0.3, -0.25) is 9.36 Å². The van der Waals surface area contributed by atoms with Gasteiger partial charge in [0.2, 0.25) is 0 Å². The van der Waals surface area contributed by atoms with Crippen LogP contribution < -0.4 is 10.3 Å². The average Bonchev–Trinajstić information content (AvgIpc) is 2.98. The highest BCUT2D eigenvalue weighted by Gasteiger charge is 2.13. The van der Waals surface area contributed by atoms with Crippen molar-refractivity contribution in [2.75, 3.05) is 0 Å². The normalized spacial score (nSPS) is 10.9. The fourth-order valence-corrected chi connectivity index (χ4v) is 2.16. The summed E-state index contributed by atoms with van der Waals surface area (Å²) in [5.74, 6) is 0. The van der Waals surface area contributed by atoms with Gasteiger partial charge < -0.3 is 9.72 Å². The molecule has 0 aliphatic rings. The van der Waals surface area contributed by atoms with Crippen molar-refractivity contribution in [2.45, 2.75) is 26.5 Å². The monoisotopic (exact) mass is 284 g/mol. The van der Waals surface area contributed by atoms with Gasteiger partial charge in [0.15, 0.2) is 11.2 Å². The molecule has 0 fully saturated rings. The van der Waals surface area contributed by atoms with E-state index >= 15 is 0 Å². The first kappa shape index (κ1) is 13.4. The molecule has 0 saturated heterocycles. The third-order valence-corrected chi connectivity index (χ3v) is 3.17. The van der Waals surface area contributed by atoms with Gasteiger partial charge in [0, 0.05) is 6.54 Å². The lowest BCUT2D eigenvalue weighted by molar-refractivity contribution is 0.261. The fourth-order valence-electron chi connectivity index (χ4n) is 2.16. The Morgan fingerprint density at radius 3 is 2.86 bits per heavy atom. The van der Waals surface area contributed by atoms with E-state index in [4.69, 9.17) is 4.74 Å². The number of H-pyrrole nitrogens is 1. The molecule has 6 heteroatoms. The molecule has 3 aromatic rings. The van der Waals surface area contributed by atoms with Crippen molar-refractivity contribution in [1.82, 2.24) is 19.5 Å². The summed E-state index contributed by atoms with van der Waals surface area (Å²) in [6, 6.07) is 10.1. The zero-order valence-electron chi connectivity index (χ0n) is 11.7. The predicted octanol–water partition coefficient (Wildman–Crippen LogP) is 2.11. The van der Waals surface area contributed by atoms with Crippen LogP contribution in [0.1, 0.15) is 18.9 Å².